The summed E-state index contributed by atoms with van der Waals surface area (Å²) in [5.74, 6) is -3.08. The lowest BCUT2D eigenvalue weighted by atomic mass is 10.1. The van der Waals surface area contributed by atoms with Gasteiger partial charge in [-0.15, -0.1) is 0 Å². The summed E-state index contributed by atoms with van der Waals surface area (Å²) in [6, 6.07) is 0. The summed E-state index contributed by atoms with van der Waals surface area (Å²) in [5, 5.41) is 0. The largest absolute Gasteiger partial charge is 0.466 e. The molecular formula is C8H14F2O2. The highest BCUT2D eigenvalue weighted by Crippen LogP contribution is 2.19. The van der Waals surface area contributed by atoms with Gasteiger partial charge in [0.1, 0.15) is 0 Å². The van der Waals surface area contributed by atoms with Crippen LogP contribution in [0.2, 0.25) is 0 Å². The second-order valence-electron chi connectivity index (χ2n) is 2.73. The molecule has 0 spiro atoms. The second kappa shape index (κ2) is 5.06. The van der Waals surface area contributed by atoms with Crippen LogP contribution in [-0.2, 0) is 9.53 Å². The first-order valence-corrected chi connectivity index (χ1v) is 3.99. The number of esters is 1. The van der Waals surface area contributed by atoms with Crippen molar-refractivity contribution in [2.24, 2.45) is 0 Å². The van der Waals surface area contributed by atoms with E-state index < -0.39 is 11.9 Å². The van der Waals surface area contributed by atoms with E-state index in [0.717, 1.165) is 6.92 Å². The Balaban J connectivity index is 3.37. The fourth-order valence-electron chi connectivity index (χ4n) is 0.776. The van der Waals surface area contributed by atoms with Crippen molar-refractivity contribution in [1.29, 1.82) is 0 Å². The van der Waals surface area contributed by atoms with E-state index >= 15 is 0 Å². The van der Waals surface area contributed by atoms with Crippen LogP contribution in [0.15, 0.2) is 0 Å². The van der Waals surface area contributed by atoms with E-state index in [4.69, 9.17) is 0 Å². The molecule has 0 radical (unpaired) electrons. The Labute approximate surface area is 70.9 Å². The van der Waals surface area contributed by atoms with Crippen molar-refractivity contribution in [2.75, 3.05) is 6.61 Å². The molecule has 0 unspecified atom stereocenters. The normalized spacial score (nSPS) is 11.3. The zero-order chi connectivity index (χ0) is 9.61. The highest BCUT2D eigenvalue weighted by molar-refractivity contribution is 5.69. The summed E-state index contributed by atoms with van der Waals surface area (Å²) < 4.78 is 29.0. The number of hydrogen-bond donors (Lipinski definition) is 0. The van der Waals surface area contributed by atoms with E-state index in [0.29, 0.717) is 6.61 Å². The maximum atomic E-state index is 12.2. The minimum atomic E-state index is -2.67. The standard InChI is InChI=1S/C8H14F2O2/c1-3-12-7(11)5-4-6-8(2,9)10/h3-6H2,1-2H3. The Hall–Kier alpha value is -0.670. The number of carbonyl (C=O) groups is 1. The Morgan fingerprint density at radius 3 is 2.50 bits per heavy atom. The van der Waals surface area contributed by atoms with Gasteiger partial charge < -0.3 is 4.74 Å². The van der Waals surface area contributed by atoms with Gasteiger partial charge in [-0.25, -0.2) is 8.78 Å². The quantitative estimate of drug-likeness (QED) is 0.607. The van der Waals surface area contributed by atoms with E-state index in [2.05, 4.69) is 4.74 Å². The fraction of sp³-hybridized carbons (Fsp3) is 0.875. The molecule has 0 atom stereocenters. The van der Waals surface area contributed by atoms with Gasteiger partial charge in [-0.1, -0.05) is 0 Å². The highest BCUT2D eigenvalue weighted by Gasteiger charge is 2.20. The summed E-state index contributed by atoms with van der Waals surface area (Å²) in [6.45, 7) is 2.84. The predicted octanol–water partition coefficient (Wildman–Crippen LogP) is 2.38. The van der Waals surface area contributed by atoms with E-state index in [1.807, 2.05) is 0 Å². The molecule has 0 N–H and O–H groups in total. The smallest absolute Gasteiger partial charge is 0.305 e. The van der Waals surface area contributed by atoms with Crippen LogP contribution in [-0.4, -0.2) is 18.5 Å². The molecule has 0 aliphatic heterocycles. The van der Waals surface area contributed by atoms with Crippen LogP contribution in [0.4, 0.5) is 8.78 Å². The number of halogens is 2. The van der Waals surface area contributed by atoms with Crippen molar-refractivity contribution in [3.8, 4) is 0 Å². The molecule has 4 heteroatoms. The number of rotatable bonds is 5. The van der Waals surface area contributed by atoms with Crippen molar-refractivity contribution in [1.82, 2.24) is 0 Å². The Morgan fingerprint density at radius 1 is 1.50 bits per heavy atom. The van der Waals surface area contributed by atoms with Crippen LogP contribution < -0.4 is 0 Å². The predicted molar refractivity (Wildman–Crippen MR) is 41.1 cm³/mol. The van der Waals surface area contributed by atoms with E-state index in [-0.39, 0.29) is 19.3 Å². The van der Waals surface area contributed by atoms with Crippen LogP contribution in [0.25, 0.3) is 0 Å². The summed E-state index contributed by atoms with van der Waals surface area (Å²) >= 11 is 0. The average molecular weight is 180 g/mol. The van der Waals surface area contributed by atoms with Crippen LogP contribution in [0.5, 0.6) is 0 Å². The molecule has 0 fully saturated rings. The average Bonchev–Trinajstić information content (AvgIpc) is 1.84. The molecule has 0 rings (SSSR count). The number of hydrogen-bond acceptors (Lipinski definition) is 2. The van der Waals surface area contributed by atoms with Gasteiger partial charge >= 0.3 is 5.97 Å². The van der Waals surface area contributed by atoms with Crippen molar-refractivity contribution in [2.45, 2.75) is 39.0 Å². The first-order chi connectivity index (χ1) is 5.45. The van der Waals surface area contributed by atoms with Crippen molar-refractivity contribution in [3.63, 3.8) is 0 Å². The monoisotopic (exact) mass is 180 g/mol. The van der Waals surface area contributed by atoms with E-state index in [1.165, 1.54) is 0 Å². The Bertz CT molecular complexity index is 140. The van der Waals surface area contributed by atoms with Gasteiger partial charge in [-0.2, -0.15) is 0 Å². The fourth-order valence-corrected chi connectivity index (χ4v) is 0.776. The first kappa shape index (κ1) is 11.3. The zero-order valence-electron chi connectivity index (χ0n) is 7.40. The van der Waals surface area contributed by atoms with E-state index in [9.17, 15) is 13.6 Å². The molecule has 0 aromatic carbocycles. The SMILES string of the molecule is CCOC(=O)CCCC(C)(F)F. The highest BCUT2D eigenvalue weighted by atomic mass is 19.3. The number of carbonyl (C=O) groups excluding carboxylic acids is 1. The van der Waals surface area contributed by atoms with Crippen LogP contribution in [0.3, 0.4) is 0 Å². The van der Waals surface area contributed by atoms with Gasteiger partial charge in [0.25, 0.3) is 0 Å². The molecule has 72 valence electrons. The summed E-state index contributed by atoms with van der Waals surface area (Å²) in [6.07, 6.45) is 0.00537. The molecule has 0 aromatic heterocycles. The van der Waals surface area contributed by atoms with Gasteiger partial charge in [-0.3, -0.25) is 4.79 Å². The third-order valence-corrected chi connectivity index (χ3v) is 1.30. The molecule has 2 nitrogen and oxygen atoms in total. The van der Waals surface area contributed by atoms with E-state index in [1.54, 1.807) is 6.92 Å². The molecule has 0 saturated carbocycles. The Kier molecular flexibility index (Phi) is 4.78. The van der Waals surface area contributed by atoms with Crippen LogP contribution in [0.1, 0.15) is 33.1 Å². The molecule has 0 saturated heterocycles. The van der Waals surface area contributed by atoms with Gasteiger partial charge in [0, 0.05) is 12.8 Å². The lowest BCUT2D eigenvalue weighted by Crippen LogP contribution is -2.11. The Morgan fingerprint density at radius 2 is 2.08 bits per heavy atom. The molecule has 12 heavy (non-hydrogen) atoms. The van der Waals surface area contributed by atoms with Crippen molar-refractivity contribution in [3.05, 3.63) is 0 Å². The maximum absolute atomic E-state index is 12.2. The molecule has 0 bridgehead atoms. The minimum Gasteiger partial charge on any atom is -0.466 e. The minimum absolute atomic E-state index is 0.0806. The van der Waals surface area contributed by atoms with Gasteiger partial charge in [0.15, 0.2) is 0 Å². The lowest BCUT2D eigenvalue weighted by molar-refractivity contribution is -0.143. The second-order valence-corrected chi connectivity index (χ2v) is 2.73. The number of alkyl halides is 2. The molecule has 0 amide bonds. The summed E-state index contributed by atoms with van der Waals surface area (Å²) in [4.78, 5) is 10.7. The summed E-state index contributed by atoms with van der Waals surface area (Å²) in [5.41, 5.74) is 0. The topological polar surface area (TPSA) is 26.3 Å². The van der Waals surface area contributed by atoms with Crippen molar-refractivity contribution >= 4 is 5.97 Å². The van der Waals surface area contributed by atoms with Crippen molar-refractivity contribution < 1.29 is 18.3 Å². The molecule has 0 aromatic rings. The number of ether oxygens (including phenoxy) is 1. The third kappa shape index (κ3) is 7.44. The molecule has 0 aliphatic carbocycles. The van der Waals surface area contributed by atoms with Gasteiger partial charge in [-0.05, 0) is 20.3 Å². The first-order valence-electron chi connectivity index (χ1n) is 3.99. The third-order valence-electron chi connectivity index (χ3n) is 1.30. The van der Waals surface area contributed by atoms with Crippen LogP contribution >= 0.6 is 0 Å². The zero-order valence-corrected chi connectivity index (χ0v) is 7.40. The maximum Gasteiger partial charge on any atom is 0.305 e. The molecule has 0 heterocycles. The molecular weight excluding hydrogens is 166 g/mol. The van der Waals surface area contributed by atoms with Gasteiger partial charge in [0.2, 0.25) is 5.92 Å². The lowest BCUT2D eigenvalue weighted by Gasteiger charge is -2.08. The van der Waals surface area contributed by atoms with Crippen LogP contribution in [0, 0.1) is 0 Å². The molecule has 0 aliphatic rings. The summed E-state index contributed by atoms with van der Waals surface area (Å²) in [7, 11) is 0. The van der Waals surface area contributed by atoms with Gasteiger partial charge in [0.05, 0.1) is 6.61 Å².